The summed E-state index contributed by atoms with van der Waals surface area (Å²) in [4.78, 5) is 28.6. The molecule has 1 heterocycles. The molecule has 1 atom stereocenters. The molecule has 1 aromatic rings. The molecule has 124 valence electrons. The summed E-state index contributed by atoms with van der Waals surface area (Å²) < 4.78 is 5.03. The van der Waals surface area contributed by atoms with Gasteiger partial charge in [-0.05, 0) is 40.0 Å². The number of esters is 1. The van der Waals surface area contributed by atoms with Gasteiger partial charge in [0.2, 0.25) is 5.60 Å². The molecule has 0 saturated carbocycles. The monoisotopic (exact) mass is 337 g/mol. The van der Waals surface area contributed by atoms with Crippen molar-refractivity contribution < 1.29 is 19.4 Å². The van der Waals surface area contributed by atoms with E-state index < -0.39 is 23.1 Å². The lowest BCUT2D eigenvalue weighted by Crippen LogP contribution is -2.50. The van der Waals surface area contributed by atoms with E-state index in [1.165, 1.54) is 18.0 Å². The molecule has 0 spiro atoms. The van der Waals surface area contributed by atoms with E-state index in [-0.39, 0.29) is 11.4 Å². The minimum Gasteiger partial charge on any atom is -0.457 e. The molecule has 2 N–H and O–H groups in total. The zero-order chi connectivity index (χ0) is 17.8. The molecule has 1 aromatic heterocycles. The summed E-state index contributed by atoms with van der Waals surface area (Å²) in [6.07, 6.45) is 3.04. The number of anilines is 1. The van der Waals surface area contributed by atoms with Crippen LogP contribution in [-0.4, -0.2) is 39.4 Å². The van der Waals surface area contributed by atoms with E-state index in [4.69, 9.17) is 10.00 Å². The number of aromatic nitrogens is 1. The molecule has 8 heteroatoms. The number of hydrogen-bond donors (Lipinski definition) is 2. The van der Waals surface area contributed by atoms with Crippen molar-refractivity contribution in [2.75, 3.05) is 11.6 Å². The molecule has 7 nitrogen and oxygen atoms in total. The molecule has 0 saturated heterocycles. The van der Waals surface area contributed by atoms with Crippen LogP contribution in [0.4, 0.5) is 5.69 Å². The number of nitrogens with zero attached hydrogens (tertiary/aromatic N) is 2. The number of aliphatic hydroxyl groups is 1. The number of ether oxygens (including phenoxy) is 1. The van der Waals surface area contributed by atoms with Gasteiger partial charge < -0.3 is 15.2 Å². The Morgan fingerprint density at radius 1 is 1.39 bits per heavy atom. The van der Waals surface area contributed by atoms with Gasteiger partial charge >= 0.3 is 5.97 Å². The van der Waals surface area contributed by atoms with Crippen molar-refractivity contribution in [3.63, 3.8) is 0 Å². The SMILES string of the molecule is CSc1cc(NC(=O)C(C)(O)C(=O)OC(C)(C)C)cnc1C#N. The predicted molar refractivity (Wildman–Crippen MR) is 85.8 cm³/mol. The molecular weight excluding hydrogens is 318 g/mol. The lowest BCUT2D eigenvalue weighted by molar-refractivity contribution is -0.177. The summed E-state index contributed by atoms with van der Waals surface area (Å²) in [5.74, 6) is -1.99. The fraction of sp³-hybridized carbons (Fsp3) is 0.467. The lowest BCUT2D eigenvalue weighted by atomic mass is 10.1. The summed E-state index contributed by atoms with van der Waals surface area (Å²) >= 11 is 1.29. The molecule has 0 fully saturated rings. The maximum absolute atomic E-state index is 12.2. The van der Waals surface area contributed by atoms with Crippen LogP contribution in [0.3, 0.4) is 0 Å². The summed E-state index contributed by atoms with van der Waals surface area (Å²) in [6, 6.07) is 3.47. The van der Waals surface area contributed by atoms with Crippen LogP contribution in [-0.2, 0) is 14.3 Å². The van der Waals surface area contributed by atoms with Crippen molar-refractivity contribution in [2.45, 2.75) is 43.8 Å². The average Bonchev–Trinajstić information content (AvgIpc) is 2.45. The molecule has 1 rings (SSSR count). The minimum absolute atomic E-state index is 0.231. The number of carbonyl (C=O) groups excluding carboxylic acids is 2. The second-order valence-corrected chi connectivity index (χ2v) is 6.76. The van der Waals surface area contributed by atoms with E-state index >= 15 is 0 Å². The van der Waals surface area contributed by atoms with Crippen LogP contribution in [0.5, 0.6) is 0 Å². The van der Waals surface area contributed by atoms with E-state index in [1.54, 1.807) is 33.1 Å². The molecule has 0 aliphatic carbocycles. The summed E-state index contributed by atoms with van der Waals surface area (Å²) in [5, 5.41) is 21.5. The van der Waals surface area contributed by atoms with Crippen molar-refractivity contribution in [1.29, 1.82) is 5.26 Å². The van der Waals surface area contributed by atoms with Gasteiger partial charge in [-0.25, -0.2) is 9.78 Å². The fourth-order valence-corrected chi connectivity index (χ4v) is 2.01. The van der Waals surface area contributed by atoms with Crippen molar-refractivity contribution in [3.8, 4) is 6.07 Å². The smallest absolute Gasteiger partial charge is 0.348 e. The lowest BCUT2D eigenvalue weighted by Gasteiger charge is -2.26. The first-order valence-electron chi connectivity index (χ1n) is 6.72. The quantitative estimate of drug-likeness (QED) is 0.488. The number of nitriles is 1. The van der Waals surface area contributed by atoms with Crippen molar-refractivity contribution >= 4 is 29.3 Å². The predicted octanol–water partition coefficient (Wildman–Crippen LogP) is 1.71. The fourth-order valence-electron chi connectivity index (χ4n) is 1.48. The number of nitrogens with one attached hydrogen (secondary N) is 1. The highest BCUT2D eigenvalue weighted by molar-refractivity contribution is 7.98. The Kier molecular flexibility index (Phi) is 5.75. The largest absolute Gasteiger partial charge is 0.457 e. The van der Waals surface area contributed by atoms with Gasteiger partial charge in [0.05, 0.1) is 11.9 Å². The standard InChI is InChI=1S/C15H19N3O4S/c1-14(2,3)22-13(20)15(4,21)12(19)18-9-6-11(23-5)10(7-16)17-8-9/h6,8,21H,1-5H3,(H,18,19). The Hall–Kier alpha value is -2.11. The second kappa shape index (κ2) is 6.98. The first-order valence-corrected chi connectivity index (χ1v) is 7.95. The zero-order valence-electron chi connectivity index (χ0n) is 13.6. The first kappa shape index (κ1) is 18.9. The van der Waals surface area contributed by atoms with Gasteiger partial charge in [0, 0.05) is 4.90 Å². The third-order valence-electron chi connectivity index (χ3n) is 2.67. The van der Waals surface area contributed by atoms with Gasteiger partial charge in [0.15, 0.2) is 5.69 Å². The van der Waals surface area contributed by atoms with E-state index in [0.717, 1.165) is 6.92 Å². The highest BCUT2D eigenvalue weighted by atomic mass is 32.2. The Balaban J connectivity index is 2.94. The van der Waals surface area contributed by atoms with E-state index in [1.807, 2.05) is 6.07 Å². The van der Waals surface area contributed by atoms with Gasteiger partial charge in [-0.15, -0.1) is 11.8 Å². The molecule has 1 unspecified atom stereocenters. The molecule has 0 aromatic carbocycles. The third kappa shape index (κ3) is 4.94. The number of amides is 1. The zero-order valence-corrected chi connectivity index (χ0v) is 14.4. The van der Waals surface area contributed by atoms with Crippen molar-refractivity contribution in [2.24, 2.45) is 0 Å². The highest BCUT2D eigenvalue weighted by Gasteiger charge is 2.42. The van der Waals surface area contributed by atoms with Crippen LogP contribution in [0.15, 0.2) is 17.2 Å². The normalized spacial score (nSPS) is 13.6. The van der Waals surface area contributed by atoms with Gasteiger partial charge in [0.25, 0.3) is 5.91 Å². The molecule has 0 radical (unpaired) electrons. The van der Waals surface area contributed by atoms with Gasteiger partial charge in [-0.1, -0.05) is 0 Å². The maximum Gasteiger partial charge on any atom is 0.348 e. The van der Waals surface area contributed by atoms with Gasteiger partial charge in [-0.2, -0.15) is 5.26 Å². The Morgan fingerprint density at radius 3 is 2.48 bits per heavy atom. The van der Waals surface area contributed by atoms with Crippen molar-refractivity contribution in [3.05, 3.63) is 18.0 Å². The molecule has 1 amide bonds. The van der Waals surface area contributed by atoms with Crippen molar-refractivity contribution in [1.82, 2.24) is 4.98 Å². The first-order chi connectivity index (χ1) is 10.5. The average molecular weight is 337 g/mol. The number of pyridine rings is 1. The second-order valence-electron chi connectivity index (χ2n) is 5.91. The van der Waals surface area contributed by atoms with Gasteiger partial charge in [-0.3, -0.25) is 4.79 Å². The van der Waals surface area contributed by atoms with Crippen LogP contribution in [0.25, 0.3) is 0 Å². The Morgan fingerprint density at radius 2 is 2.00 bits per heavy atom. The molecule has 0 bridgehead atoms. The van der Waals surface area contributed by atoms with Crippen LogP contribution in [0, 0.1) is 11.3 Å². The van der Waals surface area contributed by atoms with E-state index in [9.17, 15) is 14.7 Å². The number of rotatable bonds is 4. The Labute approximate surface area is 139 Å². The topological polar surface area (TPSA) is 112 Å². The number of thioether (sulfide) groups is 1. The summed E-state index contributed by atoms with van der Waals surface area (Å²) in [6.45, 7) is 5.96. The maximum atomic E-state index is 12.2. The molecule has 0 aliphatic rings. The van der Waals surface area contributed by atoms with E-state index in [2.05, 4.69) is 10.3 Å². The van der Waals surface area contributed by atoms with Crippen LogP contribution >= 0.6 is 11.8 Å². The molecule has 23 heavy (non-hydrogen) atoms. The van der Waals surface area contributed by atoms with E-state index in [0.29, 0.717) is 4.90 Å². The third-order valence-corrected chi connectivity index (χ3v) is 3.43. The molecular formula is C15H19N3O4S. The van der Waals surface area contributed by atoms with Crippen LogP contribution < -0.4 is 5.32 Å². The minimum atomic E-state index is -2.35. The van der Waals surface area contributed by atoms with Crippen LogP contribution in [0.2, 0.25) is 0 Å². The summed E-state index contributed by atoms with van der Waals surface area (Å²) in [7, 11) is 0. The summed E-state index contributed by atoms with van der Waals surface area (Å²) in [5.41, 5.74) is -2.68. The molecule has 0 aliphatic heterocycles. The van der Waals surface area contributed by atoms with Gasteiger partial charge in [0.1, 0.15) is 11.7 Å². The number of hydrogen-bond acceptors (Lipinski definition) is 7. The number of carbonyl (C=O) groups is 2. The van der Waals surface area contributed by atoms with Crippen LogP contribution in [0.1, 0.15) is 33.4 Å². The highest BCUT2D eigenvalue weighted by Crippen LogP contribution is 2.23. The Bertz CT molecular complexity index is 660.